The van der Waals surface area contributed by atoms with Crippen LogP contribution in [0.1, 0.15) is 5.69 Å². The van der Waals surface area contributed by atoms with Gasteiger partial charge in [-0.3, -0.25) is 0 Å². The molecule has 0 saturated carbocycles. The van der Waals surface area contributed by atoms with Gasteiger partial charge in [0, 0.05) is 17.4 Å². The van der Waals surface area contributed by atoms with Gasteiger partial charge in [0.25, 0.3) is 0 Å². The summed E-state index contributed by atoms with van der Waals surface area (Å²) in [6, 6.07) is 13.5. The average molecular weight is 278 g/mol. The first-order valence-corrected chi connectivity index (χ1v) is 6.51. The van der Waals surface area contributed by atoms with E-state index >= 15 is 0 Å². The van der Waals surface area contributed by atoms with E-state index in [9.17, 15) is 0 Å². The number of nitrogen functional groups attached to an aromatic ring is 1. The van der Waals surface area contributed by atoms with E-state index in [0.29, 0.717) is 5.69 Å². The minimum absolute atomic E-state index is 0.248. The van der Waals surface area contributed by atoms with E-state index in [2.05, 4.69) is 11.1 Å². The molecular formula is C16H14N4O. The van der Waals surface area contributed by atoms with Crippen LogP contribution in [0.4, 0.5) is 5.69 Å². The summed E-state index contributed by atoms with van der Waals surface area (Å²) in [7, 11) is 1.62. The van der Waals surface area contributed by atoms with Crippen LogP contribution in [-0.2, 0) is 6.42 Å². The Hall–Kier alpha value is -3.00. The molecule has 0 amide bonds. The number of methoxy groups -OCH3 is 1. The normalized spacial score (nSPS) is 10.5. The molecule has 0 radical (unpaired) electrons. The van der Waals surface area contributed by atoms with E-state index in [-0.39, 0.29) is 6.42 Å². The van der Waals surface area contributed by atoms with Crippen LogP contribution in [0.5, 0.6) is 5.75 Å². The molecule has 0 fully saturated rings. The molecule has 2 aromatic heterocycles. The number of para-hydroxylation sites is 1. The van der Waals surface area contributed by atoms with E-state index < -0.39 is 0 Å². The molecule has 0 unspecified atom stereocenters. The summed E-state index contributed by atoms with van der Waals surface area (Å²) >= 11 is 0. The molecule has 5 heteroatoms. The highest BCUT2D eigenvalue weighted by Gasteiger charge is 2.16. The number of ether oxygens (including phenoxy) is 1. The van der Waals surface area contributed by atoms with Gasteiger partial charge in [0.05, 0.1) is 31.0 Å². The van der Waals surface area contributed by atoms with Crippen LogP contribution in [0, 0.1) is 11.3 Å². The molecule has 2 N–H and O–H groups in total. The summed E-state index contributed by atoms with van der Waals surface area (Å²) in [5.41, 5.74) is 9.65. The summed E-state index contributed by atoms with van der Waals surface area (Å²) in [6.45, 7) is 0. The first-order valence-electron chi connectivity index (χ1n) is 6.51. The Balaban J connectivity index is 2.31. The van der Waals surface area contributed by atoms with Crippen LogP contribution in [0.15, 0.2) is 42.6 Å². The van der Waals surface area contributed by atoms with Crippen LogP contribution in [0.2, 0.25) is 0 Å². The molecule has 0 bridgehead atoms. The van der Waals surface area contributed by atoms with Gasteiger partial charge >= 0.3 is 0 Å². The molecule has 104 valence electrons. The third-order valence-electron chi connectivity index (χ3n) is 3.35. The zero-order chi connectivity index (χ0) is 14.8. The highest BCUT2D eigenvalue weighted by molar-refractivity contribution is 5.73. The van der Waals surface area contributed by atoms with Gasteiger partial charge < -0.3 is 14.9 Å². The second kappa shape index (κ2) is 5.17. The molecule has 3 rings (SSSR count). The Labute approximate surface area is 122 Å². The minimum atomic E-state index is 0.248. The lowest BCUT2D eigenvalue weighted by Crippen LogP contribution is -1.96. The molecule has 0 spiro atoms. The number of aromatic nitrogens is 2. The molecule has 0 aliphatic rings. The summed E-state index contributed by atoms with van der Waals surface area (Å²) in [5.74, 6) is 0.730. The van der Waals surface area contributed by atoms with Crippen LogP contribution >= 0.6 is 0 Å². The topological polar surface area (TPSA) is 76.3 Å². The molecule has 0 atom stereocenters. The van der Waals surface area contributed by atoms with Crippen molar-refractivity contribution >= 4 is 11.3 Å². The number of nitriles is 1. The van der Waals surface area contributed by atoms with Crippen molar-refractivity contribution in [1.82, 2.24) is 9.38 Å². The zero-order valence-electron chi connectivity index (χ0n) is 11.6. The number of anilines is 1. The second-order valence-electron chi connectivity index (χ2n) is 4.63. The lowest BCUT2D eigenvalue weighted by molar-refractivity contribution is 0.416. The Bertz CT molecular complexity index is 845. The van der Waals surface area contributed by atoms with E-state index in [0.717, 1.165) is 28.3 Å². The highest BCUT2D eigenvalue weighted by atomic mass is 16.5. The summed E-state index contributed by atoms with van der Waals surface area (Å²) < 4.78 is 7.26. The molecule has 5 nitrogen and oxygen atoms in total. The number of pyridine rings is 1. The van der Waals surface area contributed by atoms with Crippen molar-refractivity contribution in [2.45, 2.75) is 6.42 Å². The zero-order valence-corrected chi connectivity index (χ0v) is 11.6. The number of fused-ring (bicyclic) bond motifs is 1. The SMILES string of the molecule is COc1ccccc1-c1nc2ccc(N)cn2c1CC#N. The first-order chi connectivity index (χ1) is 10.2. The largest absolute Gasteiger partial charge is 0.496 e. The molecule has 2 heterocycles. The Morgan fingerprint density at radius 2 is 2.10 bits per heavy atom. The van der Waals surface area contributed by atoms with E-state index in [4.69, 9.17) is 15.7 Å². The van der Waals surface area contributed by atoms with Crippen molar-refractivity contribution in [3.05, 3.63) is 48.3 Å². The third-order valence-corrected chi connectivity index (χ3v) is 3.35. The van der Waals surface area contributed by atoms with Gasteiger partial charge in [-0.25, -0.2) is 4.98 Å². The van der Waals surface area contributed by atoms with Crippen LogP contribution in [-0.4, -0.2) is 16.5 Å². The number of benzene rings is 1. The monoisotopic (exact) mass is 278 g/mol. The first kappa shape index (κ1) is 13.0. The number of imidazole rings is 1. The number of nitrogens with zero attached hydrogens (tertiary/aromatic N) is 3. The maximum Gasteiger partial charge on any atom is 0.137 e. The summed E-state index contributed by atoms with van der Waals surface area (Å²) in [5, 5.41) is 9.11. The smallest absolute Gasteiger partial charge is 0.137 e. The van der Waals surface area contributed by atoms with Gasteiger partial charge in [0.15, 0.2) is 0 Å². The molecular weight excluding hydrogens is 264 g/mol. The lowest BCUT2D eigenvalue weighted by Gasteiger charge is -2.07. The molecule has 3 aromatic rings. The highest BCUT2D eigenvalue weighted by Crippen LogP contribution is 2.32. The predicted octanol–water partition coefficient (Wildman–Crippen LogP) is 2.66. The second-order valence-corrected chi connectivity index (χ2v) is 4.63. The van der Waals surface area contributed by atoms with E-state index in [1.165, 1.54) is 0 Å². The fourth-order valence-electron chi connectivity index (χ4n) is 2.41. The van der Waals surface area contributed by atoms with Gasteiger partial charge in [-0.2, -0.15) is 5.26 Å². The maximum absolute atomic E-state index is 9.11. The van der Waals surface area contributed by atoms with Crippen molar-refractivity contribution in [3.63, 3.8) is 0 Å². The predicted molar refractivity (Wildman–Crippen MR) is 80.9 cm³/mol. The van der Waals surface area contributed by atoms with Crippen LogP contribution in [0.25, 0.3) is 16.9 Å². The van der Waals surface area contributed by atoms with E-state index in [1.54, 1.807) is 19.4 Å². The molecule has 0 saturated heterocycles. The average Bonchev–Trinajstić information content (AvgIpc) is 2.86. The maximum atomic E-state index is 9.11. The Kier molecular flexibility index (Phi) is 3.20. The van der Waals surface area contributed by atoms with Crippen molar-refractivity contribution in [1.29, 1.82) is 5.26 Å². The minimum Gasteiger partial charge on any atom is -0.496 e. The standard InChI is InChI=1S/C16H14N4O/c1-21-14-5-3-2-4-12(14)16-13(8-9-17)20-10-11(18)6-7-15(20)19-16/h2-7,10H,8,18H2,1H3. The molecule has 0 aliphatic heterocycles. The third kappa shape index (κ3) is 2.17. The Morgan fingerprint density at radius 1 is 1.29 bits per heavy atom. The van der Waals surface area contributed by atoms with Gasteiger partial charge in [-0.1, -0.05) is 12.1 Å². The lowest BCUT2D eigenvalue weighted by atomic mass is 10.1. The van der Waals surface area contributed by atoms with Crippen molar-refractivity contribution in [3.8, 4) is 23.1 Å². The van der Waals surface area contributed by atoms with Crippen LogP contribution in [0.3, 0.4) is 0 Å². The van der Waals surface area contributed by atoms with Gasteiger partial charge in [-0.15, -0.1) is 0 Å². The van der Waals surface area contributed by atoms with Crippen molar-refractivity contribution in [2.24, 2.45) is 0 Å². The Morgan fingerprint density at radius 3 is 2.86 bits per heavy atom. The number of hydrogen-bond acceptors (Lipinski definition) is 4. The van der Waals surface area contributed by atoms with Crippen molar-refractivity contribution < 1.29 is 4.74 Å². The van der Waals surface area contributed by atoms with Gasteiger partial charge in [0.1, 0.15) is 11.4 Å². The van der Waals surface area contributed by atoms with Gasteiger partial charge in [0.2, 0.25) is 0 Å². The summed E-state index contributed by atoms with van der Waals surface area (Å²) in [6.07, 6.45) is 2.03. The van der Waals surface area contributed by atoms with E-state index in [1.807, 2.05) is 34.7 Å². The molecule has 1 aromatic carbocycles. The quantitative estimate of drug-likeness (QED) is 0.799. The van der Waals surface area contributed by atoms with Crippen molar-refractivity contribution in [2.75, 3.05) is 12.8 Å². The fraction of sp³-hybridized carbons (Fsp3) is 0.125. The van der Waals surface area contributed by atoms with Gasteiger partial charge in [-0.05, 0) is 24.3 Å². The summed E-state index contributed by atoms with van der Waals surface area (Å²) in [4.78, 5) is 4.63. The molecule has 21 heavy (non-hydrogen) atoms. The number of hydrogen-bond donors (Lipinski definition) is 1. The fourth-order valence-corrected chi connectivity index (χ4v) is 2.41. The molecule has 0 aliphatic carbocycles. The number of rotatable bonds is 3. The van der Waals surface area contributed by atoms with Crippen LogP contribution < -0.4 is 10.5 Å². The number of nitrogens with two attached hydrogens (primary N) is 1.